The zero-order valence-corrected chi connectivity index (χ0v) is 23.1. The van der Waals surface area contributed by atoms with Crippen molar-refractivity contribution in [3.05, 3.63) is 62.5 Å². The van der Waals surface area contributed by atoms with Gasteiger partial charge < -0.3 is 10.1 Å². The minimum absolute atomic E-state index is 0.0664. The molecule has 0 bridgehead atoms. The lowest BCUT2D eigenvalue weighted by atomic mass is 10.1. The third-order valence-corrected chi connectivity index (χ3v) is 5.79. The summed E-state index contributed by atoms with van der Waals surface area (Å²) in [7, 11) is 1.30. The van der Waals surface area contributed by atoms with Crippen LogP contribution in [0.25, 0.3) is 6.08 Å². The van der Waals surface area contributed by atoms with Gasteiger partial charge in [-0.1, -0.05) is 28.1 Å². The number of carbonyl (C=O) groups excluding carboxylic acids is 1. The van der Waals surface area contributed by atoms with Gasteiger partial charge in [-0.25, -0.2) is 9.47 Å². The molecule has 2 aromatic rings. The Morgan fingerprint density at radius 2 is 1.38 bits per heavy atom. The van der Waals surface area contributed by atoms with Crippen LogP contribution >= 0.6 is 31.9 Å². The fourth-order valence-corrected chi connectivity index (χ4v) is 4.32. The van der Waals surface area contributed by atoms with E-state index in [1.165, 1.54) is 19.3 Å². The highest BCUT2D eigenvalue weighted by atomic mass is 79.9. The molecule has 2 aromatic carbocycles. The maximum absolute atomic E-state index is 14.5. The summed E-state index contributed by atoms with van der Waals surface area (Å²) >= 11 is 6.39. The molecule has 0 unspecified atom stereocenters. The highest BCUT2D eigenvalue weighted by Crippen LogP contribution is 2.54. The maximum atomic E-state index is 14.5. The number of amides is 1. The van der Waals surface area contributed by atoms with Crippen LogP contribution in [0.5, 0.6) is 5.75 Å². The lowest BCUT2D eigenvalue weighted by Gasteiger charge is -2.35. The molecule has 2 rings (SSSR count). The minimum atomic E-state index is -7.54. The van der Waals surface area contributed by atoms with E-state index >= 15 is 0 Å². The Balaban J connectivity index is 2.30. The van der Waals surface area contributed by atoms with Crippen LogP contribution in [0.2, 0.25) is 0 Å². The zero-order valence-electron chi connectivity index (χ0n) is 19.9. The van der Waals surface area contributed by atoms with Crippen LogP contribution < -0.4 is 10.1 Å². The van der Waals surface area contributed by atoms with Crippen molar-refractivity contribution in [1.29, 1.82) is 0 Å². The molecule has 1 amide bonds. The largest absolute Gasteiger partial charge is 0.527 e. The van der Waals surface area contributed by atoms with Gasteiger partial charge in [0.15, 0.2) is 0 Å². The van der Waals surface area contributed by atoms with Crippen LogP contribution in [0.15, 0.2) is 51.4 Å². The Kier molecular flexibility index (Phi) is 10.3. The summed E-state index contributed by atoms with van der Waals surface area (Å²) in [6.45, 7) is 0. The summed E-state index contributed by atoms with van der Waals surface area (Å²) in [5.41, 5.74) is -2.33. The Hall–Kier alpha value is -2.58. The molecule has 0 aromatic heterocycles. The highest BCUT2D eigenvalue weighted by Gasteiger charge is 2.80. The lowest BCUT2D eigenvalue weighted by molar-refractivity contribution is -0.535. The molecule has 0 aliphatic heterocycles. The van der Waals surface area contributed by atoms with Gasteiger partial charge in [0.1, 0.15) is 5.75 Å². The van der Waals surface area contributed by atoms with Crippen LogP contribution in [-0.4, -0.2) is 43.6 Å². The van der Waals surface area contributed by atoms with E-state index < -0.39 is 53.7 Å². The molecule has 0 aliphatic carbocycles. The fraction of sp³-hybridized carbons (Fsp3) is 0.318. The second-order valence-electron chi connectivity index (χ2n) is 7.76. The molecular formula is C22H12Br2F13NO4. The quantitative estimate of drug-likeness (QED) is 0.184. The second-order valence-corrected chi connectivity index (χ2v) is 9.53. The normalized spacial score (nSPS) is 13.9. The third kappa shape index (κ3) is 7.87. The highest BCUT2D eigenvalue weighted by molar-refractivity contribution is 9.11. The average molecular weight is 761 g/mol. The molecule has 5 nitrogen and oxygen atoms in total. The first-order valence-electron chi connectivity index (χ1n) is 10.4. The molecule has 0 spiro atoms. The number of rotatable bonds is 11. The molecule has 0 radical (unpaired) electrons. The second kappa shape index (κ2) is 12.2. The zero-order chi connectivity index (χ0) is 32.5. The number of hydrogen-bond donors (Lipinski definition) is 1. The molecular weight excluding hydrogens is 749 g/mol. The Labute approximate surface area is 242 Å². The molecule has 42 heavy (non-hydrogen) atoms. The molecule has 0 aliphatic rings. The van der Waals surface area contributed by atoms with Gasteiger partial charge in [0, 0.05) is 27.4 Å². The number of benzene rings is 2. The van der Waals surface area contributed by atoms with Crippen molar-refractivity contribution in [3.8, 4) is 5.75 Å². The van der Waals surface area contributed by atoms with Crippen molar-refractivity contribution in [2.24, 2.45) is 0 Å². The summed E-state index contributed by atoms with van der Waals surface area (Å²) in [4.78, 5) is 12.2. The average Bonchev–Trinajstić information content (AvgIpc) is 2.80. The number of methoxy groups -OCH3 is 1. The van der Waals surface area contributed by atoms with Gasteiger partial charge in [-0.05, 0) is 46.3 Å². The van der Waals surface area contributed by atoms with Crippen molar-refractivity contribution < 1.29 is 76.1 Å². The van der Waals surface area contributed by atoms with Crippen LogP contribution in [0, 0.1) is 0 Å². The van der Waals surface area contributed by atoms with E-state index in [4.69, 9.17) is 4.74 Å². The number of alkyl halides is 13. The molecule has 20 heteroatoms. The first-order chi connectivity index (χ1) is 18.9. The van der Waals surface area contributed by atoms with Crippen molar-refractivity contribution >= 4 is 49.5 Å². The number of carbonyl (C=O) groups is 1. The van der Waals surface area contributed by atoms with Crippen LogP contribution in [0.4, 0.5) is 62.8 Å². The number of anilines is 1. The van der Waals surface area contributed by atoms with Gasteiger partial charge in [-0.2, -0.15) is 43.9 Å². The smallest absolute Gasteiger partial charge is 0.495 e. The predicted molar refractivity (Wildman–Crippen MR) is 124 cm³/mol. The van der Waals surface area contributed by atoms with Crippen molar-refractivity contribution in [2.45, 2.75) is 36.5 Å². The van der Waals surface area contributed by atoms with Crippen LogP contribution in [-0.2, 0) is 20.2 Å². The summed E-state index contributed by atoms with van der Waals surface area (Å²) < 4.78 is 183. The summed E-state index contributed by atoms with van der Waals surface area (Å²) in [5.74, 6) is -14.4. The van der Waals surface area contributed by atoms with E-state index in [-0.39, 0.29) is 17.9 Å². The van der Waals surface area contributed by atoms with E-state index in [9.17, 15) is 61.9 Å². The SMILES string of the molecule is COc1c(Br)cc(Br)cc1C=CC(=O)Nc1cccc(C(F)(F)C(F)(F)OC(F)(F)C(F)(F)C(F)(F)OC(F)(F)F)c1. The molecule has 0 atom stereocenters. The first kappa shape index (κ1) is 35.6. The molecule has 0 saturated heterocycles. The van der Waals surface area contributed by atoms with E-state index in [0.29, 0.717) is 20.6 Å². The van der Waals surface area contributed by atoms with Gasteiger partial charge in [0.25, 0.3) is 0 Å². The van der Waals surface area contributed by atoms with Gasteiger partial charge in [0.2, 0.25) is 5.91 Å². The van der Waals surface area contributed by atoms with Crippen molar-refractivity contribution in [3.63, 3.8) is 0 Å². The van der Waals surface area contributed by atoms with Crippen LogP contribution in [0.1, 0.15) is 11.1 Å². The fourth-order valence-electron chi connectivity index (χ4n) is 2.90. The number of ether oxygens (including phenoxy) is 3. The number of halogens is 15. The summed E-state index contributed by atoms with van der Waals surface area (Å²) in [5, 5.41) is 1.96. The van der Waals surface area contributed by atoms with Crippen LogP contribution in [0.3, 0.4) is 0 Å². The van der Waals surface area contributed by atoms with Crippen molar-refractivity contribution in [2.75, 3.05) is 12.4 Å². The number of nitrogens with one attached hydrogen (secondary N) is 1. The molecule has 0 heterocycles. The number of hydrogen-bond acceptors (Lipinski definition) is 4. The maximum Gasteiger partial charge on any atom is 0.527 e. The molecule has 234 valence electrons. The van der Waals surface area contributed by atoms with E-state index in [2.05, 4.69) is 31.9 Å². The lowest BCUT2D eigenvalue weighted by Crippen LogP contribution is -2.61. The first-order valence-corrected chi connectivity index (χ1v) is 11.9. The monoisotopic (exact) mass is 759 g/mol. The van der Waals surface area contributed by atoms with E-state index in [0.717, 1.165) is 12.1 Å². The minimum Gasteiger partial charge on any atom is -0.495 e. The van der Waals surface area contributed by atoms with Gasteiger partial charge in [0.05, 0.1) is 11.6 Å². The summed E-state index contributed by atoms with van der Waals surface area (Å²) in [6.07, 6.45) is -26.0. The van der Waals surface area contributed by atoms with Gasteiger partial charge >= 0.3 is 36.5 Å². The molecule has 0 saturated carbocycles. The van der Waals surface area contributed by atoms with E-state index in [1.54, 1.807) is 10.8 Å². The Morgan fingerprint density at radius 1 is 0.810 bits per heavy atom. The van der Waals surface area contributed by atoms with E-state index in [1.807, 2.05) is 10.1 Å². The Morgan fingerprint density at radius 3 is 1.93 bits per heavy atom. The predicted octanol–water partition coefficient (Wildman–Crippen LogP) is 8.93. The standard InChI is InChI=1S/C22H12Br2F13NO4/c1-40-16-10(7-12(23)9-14(16)24)5-6-15(39)38-13-4-2-3-11(8-13)17(25,26)19(29,30)41-20(31,32)18(27,28)21(33,34)42-22(35,36)37/h2-9H,1H3,(H,38,39). The topological polar surface area (TPSA) is 56.8 Å². The Bertz CT molecular complexity index is 1330. The summed E-state index contributed by atoms with van der Waals surface area (Å²) in [6, 6.07) is 4.71. The third-order valence-electron chi connectivity index (χ3n) is 4.75. The molecule has 1 N–H and O–H groups in total. The van der Waals surface area contributed by atoms with Gasteiger partial charge in [-0.15, -0.1) is 13.2 Å². The van der Waals surface area contributed by atoms with Gasteiger partial charge in [-0.3, -0.25) is 4.79 Å². The molecule has 0 fully saturated rings. The van der Waals surface area contributed by atoms with Crippen molar-refractivity contribution in [1.82, 2.24) is 0 Å².